The van der Waals surface area contributed by atoms with Gasteiger partial charge in [-0.2, -0.15) is 0 Å². The van der Waals surface area contributed by atoms with Crippen LogP contribution >= 0.6 is 0 Å². The summed E-state index contributed by atoms with van der Waals surface area (Å²) in [5, 5.41) is 10.2. The molecule has 0 saturated heterocycles. The van der Waals surface area contributed by atoms with Crippen LogP contribution in [0, 0.1) is 20.8 Å². The number of carboxylic acid groups (broad SMARTS) is 1. The van der Waals surface area contributed by atoms with Gasteiger partial charge in [0.25, 0.3) is 0 Å². The Morgan fingerprint density at radius 1 is 0.938 bits per heavy atom. The highest BCUT2D eigenvalue weighted by atomic mass is 16.7. The summed E-state index contributed by atoms with van der Waals surface area (Å²) >= 11 is 0. The monoisotopic (exact) mass is 429 g/mol. The van der Waals surface area contributed by atoms with Crippen LogP contribution in [0.15, 0.2) is 60.7 Å². The number of fused-ring (bicyclic) bond motifs is 1. The largest absolute Gasteiger partial charge is 0.512 e. The predicted molar refractivity (Wildman–Crippen MR) is 127 cm³/mol. The van der Waals surface area contributed by atoms with Gasteiger partial charge in [-0.1, -0.05) is 48.5 Å². The van der Waals surface area contributed by atoms with Crippen molar-refractivity contribution in [1.29, 1.82) is 0 Å². The lowest BCUT2D eigenvalue weighted by Crippen LogP contribution is -2.06. The van der Waals surface area contributed by atoms with Gasteiger partial charge in [-0.05, 0) is 68.0 Å². The normalized spacial score (nSPS) is 11.0. The predicted octanol–water partition coefficient (Wildman–Crippen LogP) is 6.83. The number of hydrogen-bond acceptors (Lipinski definition) is 3. The van der Waals surface area contributed by atoms with Crippen LogP contribution in [-0.4, -0.2) is 22.9 Å². The first-order chi connectivity index (χ1) is 15.4. The molecule has 1 heterocycles. The molecular weight excluding hydrogens is 402 g/mol. The highest BCUT2D eigenvalue weighted by molar-refractivity contribution is 5.98. The number of aromatic nitrogens is 1. The molecule has 164 valence electrons. The third-order valence-electron chi connectivity index (χ3n) is 5.56. The standard InChI is InChI=1S/C27H27NO4/c1-17-14-18(2)16-20(15-17)31-13-7-12-24-23-11-6-10-22(21-9-5-4-8-19(21)3)25(23)28-26(24)32-27(29)30/h4-6,8-11,14-16,28H,7,12-13H2,1-3H3,(H,29,30). The molecule has 0 aliphatic heterocycles. The molecule has 5 heteroatoms. The van der Waals surface area contributed by atoms with Gasteiger partial charge in [-0.15, -0.1) is 0 Å². The van der Waals surface area contributed by atoms with Gasteiger partial charge in [0.05, 0.1) is 12.1 Å². The fourth-order valence-corrected chi connectivity index (χ4v) is 4.23. The van der Waals surface area contributed by atoms with Crippen molar-refractivity contribution in [1.82, 2.24) is 4.98 Å². The molecule has 0 spiro atoms. The minimum atomic E-state index is -1.33. The van der Waals surface area contributed by atoms with E-state index in [1.54, 1.807) is 0 Å². The zero-order chi connectivity index (χ0) is 22.7. The number of nitrogens with one attached hydrogen (secondary N) is 1. The first-order valence-electron chi connectivity index (χ1n) is 10.7. The van der Waals surface area contributed by atoms with Crippen molar-refractivity contribution in [3.8, 4) is 22.8 Å². The van der Waals surface area contributed by atoms with E-state index in [9.17, 15) is 9.90 Å². The molecule has 0 aliphatic carbocycles. The summed E-state index contributed by atoms with van der Waals surface area (Å²) in [7, 11) is 0. The smallest absolute Gasteiger partial charge is 0.494 e. The maximum Gasteiger partial charge on any atom is 0.512 e. The topological polar surface area (TPSA) is 71.6 Å². The number of rotatable bonds is 7. The second-order valence-corrected chi connectivity index (χ2v) is 8.12. The lowest BCUT2D eigenvalue weighted by atomic mass is 9.97. The van der Waals surface area contributed by atoms with E-state index >= 15 is 0 Å². The average molecular weight is 430 g/mol. The third-order valence-corrected chi connectivity index (χ3v) is 5.56. The first kappa shape index (κ1) is 21.5. The van der Waals surface area contributed by atoms with E-state index in [-0.39, 0.29) is 5.88 Å². The number of H-pyrrole nitrogens is 1. The lowest BCUT2D eigenvalue weighted by molar-refractivity contribution is 0.142. The molecule has 32 heavy (non-hydrogen) atoms. The Bertz CT molecular complexity index is 1250. The summed E-state index contributed by atoms with van der Waals surface area (Å²) in [4.78, 5) is 14.5. The van der Waals surface area contributed by atoms with E-state index in [0.29, 0.717) is 13.0 Å². The summed E-state index contributed by atoms with van der Waals surface area (Å²) in [5.74, 6) is 1.13. The summed E-state index contributed by atoms with van der Waals surface area (Å²) in [6, 6.07) is 20.3. The Morgan fingerprint density at radius 2 is 1.66 bits per heavy atom. The molecule has 4 rings (SSSR count). The van der Waals surface area contributed by atoms with Crippen LogP contribution in [0.2, 0.25) is 0 Å². The number of para-hydroxylation sites is 1. The van der Waals surface area contributed by atoms with E-state index < -0.39 is 6.16 Å². The van der Waals surface area contributed by atoms with Crippen LogP contribution in [0.1, 0.15) is 28.7 Å². The zero-order valence-corrected chi connectivity index (χ0v) is 18.6. The quantitative estimate of drug-likeness (QED) is 0.249. The van der Waals surface area contributed by atoms with Gasteiger partial charge in [0.1, 0.15) is 5.75 Å². The fourth-order valence-electron chi connectivity index (χ4n) is 4.23. The molecule has 0 atom stereocenters. The summed E-state index contributed by atoms with van der Waals surface area (Å²) in [6.45, 7) is 6.69. The maximum absolute atomic E-state index is 11.3. The van der Waals surface area contributed by atoms with Crippen LogP contribution in [0.3, 0.4) is 0 Å². The number of ether oxygens (including phenoxy) is 2. The molecule has 0 saturated carbocycles. The molecule has 0 unspecified atom stereocenters. The number of carbonyl (C=O) groups is 1. The SMILES string of the molecule is Cc1cc(C)cc(OCCCc2c(OC(=O)O)[nH]c3c(-c4ccccc4C)cccc23)c1. The molecule has 0 bridgehead atoms. The van der Waals surface area contributed by atoms with Crippen LogP contribution in [-0.2, 0) is 6.42 Å². The van der Waals surface area contributed by atoms with Crippen molar-refractivity contribution in [2.24, 2.45) is 0 Å². The summed E-state index contributed by atoms with van der Waals surface area (Å²) in [6.07, 6.45) is 0.0246. The van der Waals surface area contributed by atoms with Gasteiger partial charge in [0.15, 0.2) is 0 Å². The Morgan fingerprint density at radius 3 is 2.38 bits per heavy atom. The van der Waals surface area contributed by atoms with Gasteiger partial charge in [-0.3, -0.25) is 0 Å². The molecule has 0 aliphatic rings. The molecular formula is C27H27NO4. The van der Waals surface area contributed by atoms with Gasteiger partial charge >= 0.3 is 6.16 Å². The number of aryl methyl sites for hydroxylation is 4. The van der Waals surface area contributed by atoms with Crippen molar-refractivity contribution in [2.75, 3.05) is 6.61 Å². The minimum Gasteiger partial charge on any atom is -0.494 e. The molecule has 0 radical (unpaired) electrons. The number of hydrogen-bond donors (Lipinski definition) is 2. The molecule has 1 aromatic heterocycles. The van der Waals surface area contributed by atoms with Gasteiger partial charge in [0, 0.05) is 16.5 Å². The lowest BCUT2D eigenvalue weighted by Gasteiger charge is -2.09. The van der Waals surface area contributed by atoms with Crippen LogP contribution < -0.4 is 9.47 Å². The Balaban J connectivity index is 1.61. The molecule has 0 fully saturated rings. The zero-order valence-electron chi connectivity index (χ0n) is 18.6. The van der Waals surface area contributed by atoms with Crippen LogP contribution in [0.5, 0.6) is 11.6 Å². The maximum atomic E-state index is 11.3. The van der Waals surface area contributed by atoms with E-state index in [2.05, 4.69) is 30.1 Å². The Kier molecular flexibility index (Phi) is 6.17. The highest BCUT2D eigenvalue weighted by Crippen LogP contribution is 2.36. The van der Waals surface area contributed by atoms with Crippen molar-refractivity contribution in [3.63, 3.8) is 0 Å². The minimum absolute atomic E-state index is 0.278. The van der Waals surface area contributed by atoms with Crippen molar-refractivity contribution < 1.29 is 19.4 Å². The average Bonchev–Trinajstić information content (AvgIpc) is 3.07. The highest BCUT2D eigenvalue weighted by Gasteiger charge is 2.18. The molecule has 0 amide bonds. The van der Waals surface area contributed by atoms with Gasteiger partial charge in [0.2, 0.25) is 5.88 Å². The van der Waals surface area contributed by atoms with Gasteiger partial charge < -0.3 is 19.6 Å². The fraction of sp³-hybridized carbons (Fsp3) is 0.222. The number of benzene rings is 3. The third kappa shape index (κ3) is 4.62. The van der Waals surface area contributed by atoms with Crippen molar-refractivity contribution in [3.05, 3.63) is 82.9 Å². The number of aromatic amines is 1. The molecule has 2 N–H and O–H groups in total. The van der Waals surface area contributed by atoms with Crippen LogP contribution in [0.4, 0.5) is 4.79 Å². The first-order valence-corrected chi connectivity index (χ1v) is 10.7. The van der Waals surface area contributed by atoms with Gasteiger partial charge in [-0.25, -0.2) is 4.79 Å². The molecule has 5 nitrogen and oxygen atoms in total. The summed E-state index contributed by atoms with van der Waals surface area (Å²) in [5.41, 5.74) is 7.33. The molecule has 3 aromatic carbocycles. The second-order valence-electron chi connectivity index (χ2n) is 8.12. The van der Waals surface area contributed by atoms with Crippen molar-refractivity contribution in [2.45, 2.75) is 33.6 Å². The second kappa shape index (κ2) is 9.18. The van der Waals surface area contributed by atoms with E-state index in [1.165, 1.54) is 0 Å². The molecule has 4 aromatic rings. The Hall–Kier alpha value is -3.73. The van der Waals surface area contributed by atoms with Crippen LogP contribution in [0.25, 0.3) is 22.0 Å². The van der Waals surface area contributed by atoms with E-state index in [4.69, 9.17) is 9.47 Å². The summed E-state index contributed by atoms with van der Waals surface area (Å²) < 4.78 is 11.1. The Labute approximate surface area is 187 Å². The van der Waals surface area contributed by atoms with E-state index in [0.717, 1.165) is 56.5 Å². The van der Waals surface area contributed by atoms with E-state index in [1.807, 2.05) is 56.3 Å². The van der Waals surface area contributed by atoms with Crippen molar-refractivity contribution >= 4 is 17.1 Å².